The SMILES string of the molecule is O=S(=O)(O)C(O)C1CCCO1. The second kappa shape index (κ2) is 3.06. The lowest BCUT2D eigenvalue weighted by molar-refractivity contribution is 0.0340. The molecule has 1 rings (SSSR count). The first-order valence-electron chi connectivity index (χ1n) is 3.28. The average molecular weight is 182 g/mol. The van der Waals surface area contributed by atoms with E-state index in [0.29, 0.717) is 13.0 Å². The highest BCUT2D eigenvalue weighted by molar-refractivity contribution is 7.86. The second-order valence-electron chi connectivity index (χ2n) is 2.46. The lowest BCUT2D eigenvalue weighted by Gasteiger charge is -2.13. The molecule has 66 valence electrons. The Bertz CT molecular complexity index is 215. The molecule has 6 heteroatoms. The monoisotopic (exact) mass is 182 g/mol. The number of aliphatic hydroxyl groups excluding tert-OH is 1. The predicted molar refractivity (Wildman–Crippen MR) is 36.5 cm³/mol. The molecule has 0 aromatic carbocycles. The van der Waals surface area contributed by atoms with E-state index < -0.39 is 21.7 Å². The first kappa shape index (κ1) is 8.92. The quantitative estimate of drug-likeness (QED) is 0.555. The summed E-state index contributed by atoms with van der Waals surface area (Å²) in [6.07, 6.45) is 0.433. The van der Waals surface area contributed by atoms with Crippen LogP contribution in [0.25, 0.3) is 0 Å². The zero-order valence-corrected chi connectivity index (χ0v) is 6.62. The Morgan fingerprint density at radius 3 is 2.55 bits per heavy atom. The summed E-state index contributed by atoms with van der Waals surface area (Å²) in [6, 6.07) is 0. The minimum Gasteiger partial charge on any atom is -0.374 e. The Labute approximate surface area is 64.7 Å². The lowest BCUT2D eigenvalue weighted by Crippen LogP contribution is -2.32. The third-order valence-electron chi connectivity index (χ3n) is 1.59. The van der Waals surface area contributed by atoms with Gasteiger partial charge in [-0.2, -0.15) is 8.42 Å². The molecule has 1 fully saturated rings. The summed E-state index contributed by atoms with van der Waals surface area (Å²) in [4.78, 5) is 0. The molecule has 2 atom stereocenters. The third kappa shape index (κ3) is 2.13. The van der Waals surface area contributed by atoms with E-state index in [1.165, 1.54) is 0 Å². The number of aliphatic hydroxyl groups is 1. The van der Waals surface area contributed by atoms with Gasteiger partial charge in [0.15, 0.2) is 0 Å². The molecule has 1 saturated heterocycles. The summed E-state index contributed by atoms with van der Waals surface area (Å²) in [5, 5.41) is 8.92. The van der Waals surface area contributed by atoms with Gasteiger partial charge in [0.1, 0.15) is 6.10 Å². The van der Waals surface area contributed by atoms with Crippen LogP contribution in [0.15, 0.2) is 0 Å². The van der Waals surface area contributed by atoms with Crippen molar-refractivity contribution in [1.82, 2.24) is 0 Å². The fraction of sp³-hybridized carbons (Fsp3) is 1.00. The van der Waals surface area contributed by atoms with Gasteiger partial charge in [-0.25, -0.2) is 0 Å². The summed E-state index contributed by atoms with van der Waals surface area (Å²) in [5.74, 6) is 0. The summed E-state index contributed by atoms with van der Waals surface area (Å²) in [5.41, 5.74) is -1.79. The first-order chi connectivity index (χ1) is 5.02. The van der Waals surface area contributed by atoms with E-state index in [1.807, 2.05) is 0 Å². The Morgan fingerprint density at radius 1 is 1.55 bits per heavy atom. The number of hydrogen-bond donors (Lipinski definition) is 2. The minimum absolute atomic E-state index is 0.442. The first-order valence-corrected chi connectivity index (χ1v) is 4.78. The van der Waals surface area contributed by atoms with Gasteiger partial charge >= 0.3 is 0 Å². The Morgan fingerprint density at radius 2 is 2.18 bits per heavy atom. The van der Waals surface area contributed by atoms with Crippen molar-refractivity contribution in [2.45, 2.75) is 24.4 Å². The van der Waals surface area contributed by atoms with Gasteiger partial charge in [-0.15, -0.1) is 0 Å². The highest BCUT2D eigenvalue weighted by atomic mass is 32.2. The van der Waals surface area contributed by atoms with E-state index in [1.54, 1.807) is 0 Å². The molecule has 0 aromatic heterocycles. The minimum atomic E-state index is -4.36. The molecular weight excluding hydrogens is 172 g/mol. The van der Waals surface area contributed by atoms with Gasteiger partial charge in [0.2, 0.25) is 5.44 Å². The molecule has 0 aliphatic carbocycles. The van der Waals surface area contributed by atoms with E-state index in [4.69, 9.17) is 14.4 Å². The fourth-order valence-electron chi connectivity index (χ4n) is 1.02. The van der Waals surface area contributed by atoms with Crippen molar-refractivity contribution in [2.75, 3.05) is 6.61 Å². The molecule has 0 spiro atoms. The second-order valence-corrected chi connectivity index (χ2v) is 3.97. The summed E-state index contributed by atoms with van der Waals surface area (Å²) >= 11 is 0. The molecule has 2 unspecified atom stereocenters. The predicted octanol–water partition coefficient (Wildman–Crippen LogP) is -0.628. The van der Waals surface area contributed by atoms with Gasteiger partial charge in [-0.1, -0.05) is 0 Å². The van der Waals surface area contributed by atoms with Crippen LogP contribution in [-0.2, 0) is 14.9 Å². The third-order valence-corrected chi connectivity index (χ3v) is 2.50. The van der Waals surface area contributed by atoms with Crippen LogP contribution in [-0.4, -0.2) is 36.2 Å². The maximum Gasteiger partial charge on any atom is 0.294 e. The maximum atomic E-state index is 10.3. The highest BCUT2D eigenvalue weighted by Crippen LogP contribution is 2.17. The maximum absolute atomic E-state index is 10.3. The largest absolute Gasteiger partial charge is 0.374 e. The van der Waals surface area contributed by atoms with Crippen LogP contribution in [0.2, 0.25) is 0 Å². The van der Waals surface area contributed by atoms with Crippen molar-refractivity contribution in [3.05, 3.63) is 0 Å². The van der Waals surface area contributed by atoms with Crippen molar-refractivity contribution < 1.29 is 22.8 Å². The highest BCUT2D eigenvalue weighted by Gasteiger charge is 2.32. The van der Waals surface area contributed by atoms with Crippen molar-refractivity contribution in [2.24, 2.45) is 0 Å². The van der Waals surface area contributed by atoms with E-state index in [9.17, 15) is 8.42 Å². The fourth-order valence-corrected chi connectivity index (χ4v) is 1.62. The standard InChI is InChI=1S/C5H10O5S/c6-5(11(7,8)9)4-2-1-3-10-4/h4-6H,1-3H2,(H,7,8,9). The smallest absolute Gasteiger partial charge is 0.294 e. The molecule has 2 N–H and O–H groups in total. The van der Waals surface area contributed by atoms with Crippen molar-refractivity contribution in [3.8, 4) is 0 Å². The van der Waals surface area contributed by atoms with Crippen LogP contribution in [0.4, 0.5) is 0 Å². The Balaban J connectivity index is 2.60. The van der Waals surface area contributed by atoms with Gasteiger partial charge in [0.25, 0.3) is 10.1 Å². The van der Waals surface area contributed by atoms with Gasteiger partial charge in [-0.3, -0.25) is 4.55 Å². The molecule has 0 aromatic rings. The van der Waals surface area contributed by atoms with Gasteiger partial charge in [-0.05, 0) is 12.8 Å². The van der Waals surface area contributed by atoms with Crippen LogP contribution in [0, 0.1) is 0 Å². The zero-order chi connectivity index (χ0) is 8.48. The molecule has 11 heavy (non-hydrogen) atoms. The van der Waals surface area contributed by atoms with Crippen LogP contribution < -0.4 is 0 Å². The van der Waals surface area contributed by atoms with Gasteiger partial charge in [0.05, 0.1) is 0 Å². The molecule has 1 aliphatic heterocycles. The lowest BCUT2D eigenvalue weighted by atomic mass is 10.2. The van der Waals surface area contributed by atoms with Crippen LogP contribution in [0.5, 0.6) is 0 Å². The molecule has 1 aliphatic rings. The Hall–Kier alpha value is -0.170. The van der Waals surface area contributed by atoms with Crippen LogP contribution in [0.3, 0.4) is 0 Å². The van der Waals surface area contributed by atoms with Crippen molar-refractivity contribution >= 4 is 10.1 Å². The molecule has 0 radical (unpaired) electrons. The van der Waals surface area contributed by atoms with Crippen LogP contribution in [0.1, 0.15) is 12.8 Å². The van der Waals surface area contributed by atoms with E-state index in [-0.39, 0.29) is 0 Å². The average Bonchev–Trinajstić information content (AvgIpc) is 2.34. The van der Waals surface area contributed by atoms with E-state index in [2.05, 4.69) is 0 Å². The molecule has 5 nitrogen and oxygen atoms in total. The molecule has 0 amide bonds. The number of ether oxygens (including phenoxy) is 1. The van der Waals surface area contributed by atoms with Crippen molar-refractivity contribution in [3.63, 3.8) is 0 Å². The van der Waals surface area contributed by atoms with E-state index in [0.717, 1.165) is 6.42 Å². The Kier molecular flexibility index (Phi) is 2.48. The topological polar surface area (TPSA) is 83.8 Å². The number of hydrogen-bond acceptors (Lipinski definition) is 4. The number of rotatable bonds is 2. The van der Waals surface area contributed by atoms with E-state index >= 15 is 0 Å². The summed E-state index contributed by atoms with van der Waals surface area (Å²) in [6.45, 7) is 0.442. The summed E-state index contributed by atoms with van der Waals surface area (Å²) in [7, 11) is -4.36. The van der Waals surface area contributed by atoms with Crippen molar-refractivity contribution in [1.29, 1.82) is 0 Å². The summed E-state index contributed by atoms with van der Waals surface area (Å²) < 4.78 is 33.9. The normalized spacial score (nSPS) is 28.7. The molecule has 1 heterocycles. The molecule has 0 bridgehead atoms. The van der Waals surface area contributed by atoms with Gasteiger partial charge in [0, 0.05) is 6.61 Å². The molecular formula is C5H10O5S. The van der Waals surface area contributed by atoms with Crippen LogP contribution >= 0.6 is 0 Å². The zero-order valence-electron chi connectivity index (χ0n) is 5.80. The molecule has 0 saturated carbocycles. The van der Waals surface area contributed by atoms with Gasteiger partial charge < -0.3 is 9.84 Å².